The average molecular weight is 334 g/mol. The Morgan fingerprint density at radius 1 is 1.35 bits per heavy atom. The van der Waals surface area contributed by atoms with E-state index in [1.54, 1.807) is 24.8 Å². The summed E-state index contributed by atoms with van der Waals surface area (Å²) in [5, 5.41) is 15.2. The molecule has 0 saturated carbocycles. The van der Waals surface area contributed by atoms with Crippen molar-refractivity contribution in [1.82, 2.24) is 5.16 Å². The van der Waals surface area contributed by atoms with Crippen LogP contribution in [0.1, 0.15) is 23.4 Å². The number of carboxylic acids is 1. The normalized spacial score (nSPS) is 10.5. The average Bonchev–Trinajstić information content (AvgIpc) is 2.89. The van der Waals surface area contributed by atoms with Gasteiger partial charge in [0.15, 0.2) is 0 Å². The lowest BCUT2D eigenvalue weighted by atomic mass is 10.2. The quantitative estimate of drug-likeness (QED) is 0.721. The molecule has 0 fully saturated rings. The third-order valence-corrected chi connectivity index (χ3v) is 3.99. The predicted octanol–water partition coefficient (Wildman–Crippen LogP) is 2.87. The second-order valence-electron chi connectivity index (χ2n) is 5.05. The summed E-state index contributed by atoms with van der Waals surface area (Å²) in [5.41, 5.74) is 2.35. The van der Waals surface area contributed by atoms with Crippen molar-refractivity contribution in [3.8, 4) is 0 Å². The summed E-state index contributed by atoms with van der Waals surface area (Å²) in [5.74, 6) is 1.00. The lowest BCUT2D eigenvalue weighted by Gasteiger charge is -2.06. The third kappa shape index (κ3) is 6.15. The van der Waals surface area contributed by atoms with Crippen molar-refractivity contribution in [3.05, 3.63) is 47.3 Å². The van der Waals surface area contributed by atoms with E-state index < -0.39 is 5.97 Å². The van der Waals surface area contributed by atoms with Crippen LogP contribution in [-0.2, 0) is 21.8 Å². The highest BCUT2D eigenvalue weighted by Crippen LogP contribution is 2.17. The fraction of sp³-hybridized carbons (Fsp3) is 0.312. The fourth-order valence-corrected chi connectivity index (χ4v) is 2.84. The fourth-order valence-electron chi connectivity index (χ4n) is 1.96. The smallest absolute Gasteiger partial charge is 0.304 e. The number of carbonyl (C=O) groups is 2. The Balaban J connectivity index is 1.84. The van der Waals surface area contributed by atoms with E-state index in [0.29, 0.717) is 28.6 Å². The van der Waals surface area contributed by atoms with Gasteiger partial charge < -0.3 is 14.9 Å². The van der Waals surface area contributed by atoms with Crippen molar-refractivity contribution in [2.24, 2.45) is 0 Å². The highest BCUT2D eigenvalue weighted by Gasteiger charge is 2.08. The number of carboxylic acid groups (broad SMARTS) is 1. The lowest BCUT2D eigenvalue weighted by molar-refractivity contribution is -0.136. The molecule has 1 aromatic heterocycles. The zero-order chi connectivity index (χ0) is 16.7. The zero-order valence-electron chi connectivity index (χ0n) is 12.7. The van der Waals surface area contributed by atoms with E-state index in [-0.39, 0.29) is 18.7 Å². The molecule has 2 aromatic rings. The number of hydrogen-bond acceptors (Lipinski definition) is 5. The van der Waals surface area contributed by atoms with Gasteiger partial charge in [0.05, 0.1) is 18.5 Å². The maximum atomic E-state index is 12.0. The molecule has 1 amide bonds. The van der Waals surface area contributed by atoms with Gasteiger partial charge in [-0.05, 0) is 24.6 Å². The number of aliphatic carboxylic acids is 1. The van der Waals surface area contributed by atoms with Gasteiger partial charge in [-0.15, -0.1) is 0 Å². The van der Waals surface area contributed by atoms with Gasteiger partial charge in [0.2, 0.25) is 5.91 Å². The van der Waals surface area contributed by atoms with Crippen molar-refractivity contribution in [2.75, 3.05) is 11.1 Å². The first kappa shape index (κ1) is 17.1. The Bertz CT molecular complexity index is 684. The van der Waals surface area contributed by atoms with Gasteiger partial charge in [-0.3, -0.25) is 9.59 Å². The Labute approximate surface area is 138 Å². The van der Waals surface area contributed by atoms with E-state index in [4.69, 9.17) is 9.63 Å². The van der Waals surface area contributed by atoms with E-state index in [9.17, 15) is 9.59 Å². The van der Waals surface area contributed by atoms with Gasteiger partial charge in [0.25, 0.3) is 0 Å². The molecule has 2 rings (SSSR count). The van der Waals surface area contributed by atoms with Gasteiger partial charge in [-0.1, -0.05) is 17.3 Å². The SMILES string of the molecule is Cc1cc(CC(=O)Nc2cccc(CSCCC(=O)O)c2)no1. The van der Waals surface area contributed by atoms with E-state index >= 15 is 0 Å². The topological polar surface area (TPSA) is 92.4 Å². The van der Waals surface area contributed by atoms with E-state index in [1.165, 1.54) is 0 Å². The zero-order valence-corrected chi connectivity index (χ0v) is 13.6. The van der Waals surface area contributed by atoms with Crippen molar-refractivity contribution in [3.63, 3.8) is 0 Å². The number of nitrogens with one attached hydrogen (secondary N) is 1. The molecule has 0 spiro atoms. The number of amides is 1. The molecular formula is C16H18N2O4S. The number of benzene rings is 1. The predicted molar refractivity (Wildman–Crippen MR) is 88.4 cm³/mol. The number of anilines is 1. The van der Waals surface area contributed by atoms with Crippen LogP contribution in [0.25, 0.3) is 0 Å². The van der Waals surface area contributed by atoms with Crippen LogP contribution in [0.5, 0.6) is 0 Å². The van der Waals surface area contributed by atoms with Gasteiger partial charge in [0.1, 0.15) is 5.76 Å². The molecule has 0 aliphatic rings. The van der Waals surface area contributed by atoms with Crippen LogP contribution in [0.4, 0.5) is 5.69 Å². The summed E-state index contributed by atoms with van der Waals surface area (Å²) in [6, 6.07) is 9.25. The summed E-state index contributed by atoms with van der Waals surface area (Å²) in [6.07, 6.45) is 0.313. The minimum atomic E-state index is -0.790. The second-order valence-corrected chi connectivity index (χ2v) is 6.16. The molecule has 0 aliphatic carbocycles. The maximum absolute atomic E-state index is 12.0. The second kappa shape index (κ2) is 8.38. The lowest BCUT2D eigenvalue weighted by Crippen LogP contribution is -2.14. The molecule has 2 N–H and O–H groups in total. The Morgan fingerprint density at radius 2 is 2.17 bits per heavy atom. The number of carbonyl (C=O) groups excluding carboxylic acids is 1. The molecule has 122 valence electrons. The number of rotatable bonds is 8. The van der Waals surface area contributed by atoms with Gasteiger partial charge >= 0.3 is 5.97 Å². The molecule has 1 heterocycles. The van der Waals surface area contributed by atoms with E-state index in [1.807, 2.05) is 24.3 Å². The van der Waals surface area contributed by atoms with Crippen LogP contribution in [0.15, 0.2) is 34.9 Å². The van der Waals surface area contributed by atoms with Crippen molar-refractivity contribution < 1.29 is 19.2 Å². The summed E-state index contributed by atoms with van der Waals surface area (Å²) in [6.45, 7) is 1.78. The summed E-state index contributed by atoms with van der Waals surface area (Å²) in [4.78, 5) is 22.4. The monoisotopic (exact) mass is 334 g/mol. The van der Waals surface area contributed by atoms with Gasteiger partial charge in [0, 0.05) is 23.3 Å². The molecule has 7 heteroatoms. The highest BCUT2D eigenvalue weighted by molar-refractivity contribution is 7.98. The van der Waals surface area contributed by atoms with Gasteiger partial charge in [-0.25, -0.2) is 0 Å². The Hall–Kier alpha value is -2.28. The molecule has 0 aliphatic heterocycles. The maximum Gasteiger partial charge on any atom is 0.304 e. The minimum absolute atomic E-state index is 0.151. The third-order valence-electron chi connectivity index (χ3n) is 2.96. The largest absolute Gasteiger partial charge is 0.481 e. The molecule has 0 bridgehead atoms. The molecule has 6 nitrogen and oxygen atoms in total. The number of aryl methyl sites for hydroxylation is 1. The Morgan fingerprint density at radius 3 is 2.87 bits per heavy atom. The van der Waals surface area contributed by atoms with Crippen LogP contribution in [0.3, 0.4) is 0 Å². The number of hydrogen-bond donors (Lipinski definition) is 2. The molecule has 0 radical (unpaired) electrons. The minimum Gasteiger partial charge on any atom is -0.481 e. The van der Waals surface area contributed by atoms with E-state index in [0.717, 1.165) is 5.56 Å². The van der Waals surface area contributed by atoms with Crippen molar-refractivity contribution in [2.45, 2.75) is 25.5 Å². The van der Waals surface area contributed by atoms with Crippen LogP contribution >= 0.6 is 11.8 Å². The first-order valence-electron chi connectivity index (χ1n) is 7.13. The first-order valence-corrected chi connectivity index (χ1v) is 8.29. The van der Waals surface area contributed by atoms with E-state index in [2.05, 4.69) is 10.5 Å². The molecule has 0 unspecified atom stereocenters. The summed E-state index contributed by atoms with van der Waals surface area (Å²) < 4.78 is 4.93. The molecule has 0 atom stereocenters. The molecule has 0 saturated heterocycles. The number of aromatic nitrogens is 1. The van der Waals surface area contributed by atoms with Crippen molar-refractivity contribution in [1.29, 1.82) is 0 Å². The van der Waals surface area contributed by atoms with Gasteiger partial charge in [-0.2, -0.15) is 11.8 Å². The Kier molecular flexibility index (Phi) is 6.22. The standard InChI is InChI=1S/C16H18N2O4S/c1-11-7-14(18-22-11)9-15(19)17-13-4-2-3-12(8-13)10-23-6-5-16(20)21/h2-4,7-8H,5-6,9-10H2,1H3,(H,17,19)(H,20,21). The molecule has 1 aromatic carbocycles. The summed E-state index contributed by atoms with van der Waals surface area (Å²) >= 11 is 1.55. The summed E-state index contributed by atoms with van der Waals surface area (Å²) in [7, 11) is 0. The van der Waals surface area contributed by atoms with Crippen molar-refractivity contribution >= 4 is 29.3 Å². The number of thioether (sulfide) groups is 1. The first-order chi connectivity index (χ1) is 11.0. The molecule has 23 heavy (non-hydrogen) atoms. The van der Waals surface area contributed by atoms with Crippen LogP contribution in [0.2, 0.25) is 0 Å². The van der Waals surface area contributed by atoms with Crippen LogP contribution < -0.4 is 5.32 Å². The number of nitrogens with zero attached hydrogens (tertiary/aromatic N) is 1. The highest BCUT2D eigenvalue weighted by atomic mass is 32.2. The molecular weight excluding hydrogens is 316 g/mol. The van der Waals surface area contributed by atoms with Crippen LogP contribution in [-0.4, -0.2) is 27.9 Å². The van der Waals surface area contributed by atoms with Crippen LogP contribution in [0, 0.1) is 6.92 Å².